The van der Waals surface area contributed by atoms with E-state index in [9.17, 15) is 4.79 Å². The van der Waals surface area contributed by atoms with Gasteiger partial charge in [0.05, 0.1) is 23.6 Å². The van der Waals surface area contributed by atoms with Crippen molar-refractivity contribution in [3.8, 4) is 0 Å². The van der Waals surface area contributed by atoms with Crippen LogP contribution in [0.2, 0.25) is 0 Å². The van der Waals surface area contributed by atoms with Crippen LogP contribution in [0.4, 0.5) is 0 Å². The van der Waals surface area contributed by atoms with Gasteiger partial charge in [-0.3, -0.25) is 9.69 Å². The Morgan fingerprint density at radius 2 is 2.30 bits per heavy atom. The van der Waals surface area contributed by atoms with Crippen molar-refractivity contribution in [2.24, 2.45) is 0 Å². The number of benzene rings is 1. The number of nitrogens with zero attached hydrogens (tertiary/aromatic N) is 2. The van der Waals surface area contributed by atoms with Gasteiger partial charge in [-0.15, -0.1) is 0 Å². The number of hydrogen-bond acceptors (Lipinski definition) is 4. The van der Waals surface area contributed by atoms with Crippen molar-refractivity contribution in [2.45, 2.75) is 18.9 Å². The summed E-state index contributed by atoms with van der Waals surface area (Å²) >= 11 is 0. The molecular formula is C15H19N3O2. The maximum absolute atomic E-state index is 12.1. The third-order valence-corrected chi connectivity index (χ3v) is 3.89. The summed E-state index contributed by atoms with van der Waals surface area (Å²) in [5.74, 6) is 0.780. The zero-order chi connectivity index (χ0) is 13.9. The number of aromatic amines is 1. The minimum Gasteiger partial charge on any atom is -0.383 e. The number of aromatic nitrogens is 2. The molecule has 0 amide bonds. The largest absolute Gasteiger partial charge is 0.383 e. The lowest BCUT2D eigenvalue weighted by Gasteiger charge is -2.23. The molecule has 0 spiro atoms. The fraction of sp³-hybridized carbons (Fsp3) is 0.467. The van der Waals surface area contributed by atoms with Crippen molar-refractivity contribution in [2.75, 3.05) is 26.8 Å². The summed E-state index contributed by atoms with van der Waals surface area (Å²) in [7, 11) is 1.71. The molecule has 1 aliphatic rings. The smallest absolute Gasteiger partial charge is 0.258 e. The Balaban J connectivity index is 1.95. The maximum atomic E-state index is 12.1. The topological polar surface area (TPSA) is 58.2 Å². The molecule has 20 heavy (non-hydrogen) atoms. The summed E-state index contributed by atoms with van der Waals surface area (Å²) < 4.78 is 5.15. The normalized spacial score (nSPS) is 19.8. The first-order valence-electron chi connectivity index (χ1n) is 7.01. The Hall–Kier alpha value is -1.72. The van der Waals surface area contributed by atoms with Gasteiger partial charge in [0.2, 0.25) is 0 Å². The van der Waals surface area contributed by atoms with Crippen LogP contribution < -0.4 is 5.56 Å². The molecule has 1 aromatic heterocycles. The van der Waals surface area contributed by atoms with E-state index in [2.05, 4.69) is 14.9 Å². The van der Waals surface area contributed by atoms with Crippen LogP contribution in [0, 0.1) is 0 Å². The standard InChI is InChI=1S/C15H19N3O2/c1-20-10-9-18-8-4-7-13(18)14-16-12-6-3-2-5-11(12)15(19)17-14/h2-3,5-6,13H,4,7-10H2,1H3,(H,16,17,19). The average Bonchev–Trinajstić information content (AvgIpc) is 2.93. The summed E-state index contributed by atoms with van der Waals surface area (Å²) in [4.78, 5) is 22.1. The third kappa shape index (κ3) is 2.46. The van der Waals surface area contributed by atoms with Crippen molar-refractivity contribution < 1.29 is 4.74 Å². The van der Waals surface area contributed by atoms with E-state index in [1.54, 1.807) is 7.11 Å². The molecule has 1 unspecified atom stereocenters. The van der Waals surface area contributed by atoms with Crippen molar-refractivity contribution in [3.63, 3.8) is 0 Å². The van der Waals surface area contributed by atoms with E-state index in [-0.39, 0.29) is 11.6 Å². The number of likely N-dealkylation sites (tertiary alicyclic amines) is 1. The molecule has 5 nitrogen and oxygen atoms in total. The van der Waals surface area contributed by atoms with Gasteiger partial charge in [-0.25, -0.2) is 4.98 Å². The Morgan fingerprint density at radius 3 is 3.15 bits per heavy atom. The molecule has 0 radical (unpaired) electrons. The molecule has 1 aromatic carbocycles. The number of methoxy groups -OCH3 is 1. The van der Waals surface area contributed by atoms with Crippen LogP contribution in [-0.4, -0.2) is 41.7 Å². The average molecular weight is 273 g/mol. The van der Waals surface area contributed by atoms with Crippen LogP contribution in [0.15, 0.2) is 29.1 Å². The number of hydrogen-bond donors (Lipinski definition) is 1. The maximum Gasteiger partial charge on any atom is 0.258 e. The number of nitrogens with one attached hydrogen (secondary N) is 1. The first-order valence-corrected chi connectivity index (χ1v) is 7.01. The molecular weight excluding hydrogens is 254 g/mol. The molecule has 1 aliphatic heterocycles. The van der Waals surface area contributed by atoms with Gasteiger partial charge in [0.25, 0.3) is 5.56 Å². The molecule has 0 bridgehead atoms. The molecule has 1 atom stereocenters. The van der Waals surface area contributed by atoms with E-state index in [1.165, 1.54) is 0 Å². The number of ether oxygens (including phenoxy) is 1. The van der Waals surface area contributed by atoms with Crippen LogP contribution >= 0.6 is 0 Å². The Bertz CT molecular complexity index is 653. The molecule has 1 N–H and O–H groups in total. The molecule has 2 aromatic rings. The number of rotatable bonds is 4. The van der Waals surface area contributed by atoms with Crippen LogP contribution in [-0.2, 0) is 4.74 Å². The minimum atomic E-state index is -0.0517. The lowest BCUT2D eigenvalue weighted by Crippen LogP contribution is -2.29. The van der Waals surface area contributed by atoms with Gasteiger partial charge in [-0.2, -0.15) is 0 Å². The summed E-state index contributed by atoms with van der Waals surface area (Å²) in [5, 5.41) is 0.651. The highest BCUT2D eigenvalue weighted by Crippen LogP contribution is 2.29. The molecule has 106 valence electrons. The lowest BCUT2D eigenvalue weighted by molar-refractivity contribution is 0.139. The molecule has 2 heterocycles. The zero-order valence-corrected chi connectivity index (χ0v) is 11.6. The Labute approximate surface area is 117 Å². The Morgan fingerprint density at radius 1 is 1.45 bits per heavy atom. The lowest BCUT2D eigenvalue weighted by atomic mass is 10.2. The third-order valence-electron chi connectivity index (χ3n) is 3.89. The molecule has 1 fully saturated rings. The molecule has 5 heteroatoms. The van der Waals surface area contributed by atoms with E-state index in [4.69, 9.17) is 4.74 Å². The highest BCUT2D eigenvalue weighted by Gasteiger charge is 2.27. The highest BCUT2D eigenvalue weighted by molar-refractivity contribution is 5.77. The number of H-pyrrole nitrogens is 1. The molecule has 0 aliphatic carbocycles. The predicted molar refractivity (Wildman–Crippen MR) is 77.8 cm³/mol. The van der Waals surface area contributed by atoms with Gasteiger partial charge in [-0.1, -0.05) is 12.1 Å². The summed E-state index contributed by atoms with van der Waals surface area (Å²) in [6.07, 6.45) is 2.16. The molecule has 3 rings (SSSR count). The predicted octanol–water partition coefficient (Wildman–Crippen LogP) is 1.71. The second kappa shape index (κ2) is 5.73. The van der Waals surface area contributed by atoms with Crippen molar-refractivity contribution >= 4 is 10.9 Å². The van der Waals surface area contributed by atoms with Crippen LogP contribution in [0.1, 0.15) is 24.7 Å². The van der Waals surface area contributed by atoms with Gasteiger partial charge < -0.3 is 9.72 Å². The van der Waals surface area contributed by atoms with Crippen LogP contribution in [0.3, 0.4) is 0 Å². The SMILES string of the molecule is COCCN1CCCC1c1nc2ccccc2c(=O)[nH]1. The fourth-order valence-corrected chi connectivity index (χ4v) is 2.87. The van der Waals surface area contributed by atoms with E-state index in [0.29, 0.717) is 12.0 Å². The summed E-state index contributed by atoms with van der Waals surface area (Å²) in [5.41, 5.74) is 0.717. The molecule has 1 saturated heterocycles. The zero-order valence-electron chi connectivity index (χ0n) is 11.6. The number of para-hydroxylation sites is 1. The van der Waals surface area contributed by atoms with E-state index in [1.807, 2.05) is 24.3 Å². The fourth-order valence-electron chi connectivity index (χ4n) is 2.87. The van der Waals surface area contributed by atoms with Crippen molar-refractivity contribution in [1.29, 1.82) is 0 Å². The first-order chi connectivity index (χ1) is 9.79. The summed E-state index contributed by atoms with van der Waals surface area (Å²) in [6.45, 7) is 2.61. The minimum absolute atomic E-state index is 0.0517. The second-order valence-electron chi connectivity index (χ2n) is 5.16. The van der Waals surface area contributed by atoms with Gasteiger partial charge in [0, 0.05) is 13.7 Å². The monoisotopic (exact) mass is 273 g/mol. The van der Waals surface area contributed by atoms with Gasteiger partial charge in [0.15, 0.2) is 0 Å². The number of fused-ring (bicyclic) bond motifs is 1. The van der Waals surface area contributed by atoms with Crippen LogP contribution in [0.25, 0.3) is 10.9 Å². The second-order valence-corrected chi connectivity index (χ2v) is 5.16. The first kappa shape index (κ1) is 13.3. The molecule has 0 saturated carbocycles. The van der Waals surface area contributed by atoms with Gasteiger partial charge in [0.1, 0.15) is 5.82 Å². The van der Waals surface area contributed by atoms with Crippen LogP contribution in [0.5, 0.6) is 0 Å². The van der Waals surface area contributed by atoms with E-state index in [0.717, 1.165) is 37.3 Å². The van der Waals surface area contributed by atoms with Gasteiger partial charge in [-0.05, 0) is 31.5 Å². The van der Waals surface area contributed by atoms with Gasteiger partial charge >= 0.3 is 0 Å². The van der Waals surface area contributed by atoms with Crippen molar-refractivity contribution in [1.82, 2.24) is 14.9 Å². The quantitative estimate of drug-likeness (QED) is 0.921. The van der Waals surface area contributed by atoms with E-state index < -0.39 is 0 Å². The Kier molecular flexibility index (Phi) is 3.80. The van der Waals surface area contributed by atoms with Crippen molar-refractivity contribution in [3.05, 3.63) is 40.4 Å². The highest BCUT2D eigenvalue weighted by atomic mass is 16.5. The summed E-state index contributed by atoms with van der Waals surface area (Å²) in [6, 6.07) is 7.67. The van der Waals surface area contributed by atoms with E-state index >= 15 is 0 Å².